The van der Waals surface area contributed by atoms with Crippen molar-refractivity contribution in [3.05, 3.63) is 35.4 Å². The number of benzene rings is 1. The quantitative estimate of drug-likeness (QED) is 0.784. The largest absolute Gasteiger partial charge is 0.337 e. The second-order valence-corrected chi connectivity index (χ2v) is 6.59. The Morgan fingerprint density at radius 3 is 2.60 bits per heavy atom. The molecule has 0 radical (unpaired) electrons. The molecule has 2 heterocycles. The van der Waals surface area contributed by atoms with E-state index in [2.05, 4.69) is 10.6 Å². The van der Waals surface area contributed by atoms with Gasteiger partial charge in [0.25, 0.3) is 5.91 Å². The maximum Gasteiger partial charge on any atom is 0.253 e. The van der Waals surface area contributed by atoms with Gasteiger partial charge in [-0.25, -0.2) is 0 Å². The normalized spacial score (nSPS) is 23.2. The fourth-order valence-electron chi connectivity index (χ4n) is 3.42. The number of likely N-dealkylation sites (N-methyl/N-ethyl adjacent to an activating group) is 1. The van der Waals surface area contributed by atoms with Gasteiger partial charge < -0.3 is 10.2 Å². The molecule has 2 saturated heterocycles. The molecule has 3 amide bonds. The van der Waals surface area contributed by atoms with Crippen molar-refractivity contribution in [1.29, 1.82) is 0 Å². The SMILES string of the molecule is CNC1CCCN(C(=O)c2ccc(CC3CC(=O)NC3=O)cc2)C1.Cl. The Labute approximate surface area is 153 Å². The molecule has 3 rings (SSSR count). The van der Waals surface area contributed by atoms with Crippen LogP contribution in [0.2, 0.25) is 0 Å². The van der Waals surface area contributed by atoms with E-state index in [4.69, 9.17) is 0 Å². The van der Waals surface area contributed by atoms with Crippen molar-refractivity contribution in [3.63, 3.8) is 0 Å². The molecular formula is C18H24ClN3O3. The highest BCUT2D eigenvalue weighted by Crippen LogP contribution is 2.19. The Morgan fingerprint density at radius 1 is 1.28 bits per heavy atom. The molecule has 2 aliphatic heterocycles. The number of piperidine rings is 1. The molecule has 2 atom stereocenters. The van der Waals surface area contributed by atoms with Crippen LogP contribution in [0.5, 0.6) is 0 Å². The highest BCUT2D eigenvalue weighted by Gasteiger charge is 2.30. The van der Waals surface area contributed by atoms with Gasteiger partial charge in [0, 0.05) is 31.1 Å². The highest BCUT2D eigenvalue weighted by atomic mass is 35.5. The first-order valence-electron chi connectivity index (χ1n) is 8.46. The number of halogens is 1. The average molecular weight is 366 g/mol. The van der Waals surface area contributed by atoms with Crippen molar-refractivity contribution < 1.29 is 14.4 Å². The first-order chi connectivity index (χ1) is 11.6. The molecular weight excluding hydrogens is 342 g/mol. The third kappa shape index (κ3) is 4.58. The van der Waals surface area contributed by atoms with Crippen LogP contribution in [-0.2, 0) is 16.0 Å². The summed E-state index contributed by atoms with van der Waals surface area (Å²) in [5, 5.41) is 5.56. The molecule has 1 aromatic carbocycles. The van der Waals surface area contributed by atoms with E-state index in [-0.39, 0.29) is 42.5 Å². The predicted octanol–water partition coefficient (Wildman–Crippen LogP) is 1.14. The zero-order chi connectivity index (χ0) is 17.1. The summed E-state index contributed by atoms with van der Waals surface area (Å²) in [6.07, 6.45) is 2.89. The topological polar surface area (TPSA) is 78.5 Å². The third-order valence-electron chi connectivity index (χ3n) is 4.87. The van der Waals surface area contributed by atoms with E-state index >= 15 is 0 Å². The van der Waals surface area contributed by atoms with Crippen molar-refractivity contribution in [2.75, 3.05) is 20.1 Å². The molecule has 136 valence electrons. The van der Waals surface area contributed by atoms with Crippen LogP contribution >= 0.6 is 12.4 Å². The monoisotopic (exact) mass is 365 g/mol. The number of rotatable bonds is 4. The van der Waals surface area contributed by atoms with E-state index in [0.717, 1.165) is 31.5 Å². The minimum absolute atomic E-state index is 0. The lowest BCUT2D eigenvalue weighted by Gasteiger charge is -2.32. The van der Waals surface area contributed by atoms with Crippen molar-refractivity contribution in [1.82, 2.24) is 15.5 Å². The predicted molar refractivity (Wildman–Crippen MR) is 96.6 cm³/mol. The Balaban J connectivity index is 0.00000225. The first kappa shape index (κ1) is 19.4. The number of amides is 3. The fraction of sp³-hybridized carbons (Fsp3) is 0.500. The van der Waals surface area contributed by atoms with Crippen molar-refractivity contribution in [2.24, 2.45) is 5.92 Å². The molecule has 7 heteroatoms. The second kappa shape index (κ2) is 8.45. The number of hydrogen-bond acceptors (Lipinski definition) is 4. The molecule has 0 spiro atoms. The van der Waals surface area contributed by atoms with Crippen molar-refractivity contribution in [2.45, 2.75) is 31.7 Å². The maximum absolute atomic E-state index is 12.6. The lowest BCUT2D eigenvalue weighted by Crippen LogP contribution is -2.46. The van der Waals surface area contributed by atoms with Gasteiger partial charge in [-0.15, -0.1) is 12.4 Å². The summed E-state index contributed by atoms with van der Waals surface area (Å²) in [6, 6.07) is 7.75. The van der Waals surface area contributed by atoms with Gasteiger partial charge in [0.1, 0.15) is 0 Å². The van der Waals surface area contributed by atoms with Crippen LogP contribution < -0.4 is 10.6 Å². The number of carbonyl (C=O) groups excluding carboxylic acids is 3. The molecule has 0 aliphatic carbocycles. The fourth-order valence-corrected chi connectivity index (χ4v) is 3.42. The molecule has 6 nitrogen and oxygen atoms in total. The third-order valence-corrected chi connectivity index (χ3v) is 4.87. The Kier molecular flexibility index (Phi) is 6.56. The maximum atomic E-state index is 12.6. The average Bonchev–Trinajstić information content (AvgIpc) is 2.92. The van der Waals surface area contributed by atoms with Crippen LogP contribution in [0.25, 0.3) is 0 Å². The van der Waals surface area contributed by atoms with Crippen LogP contribution in [0.3, 0.4) is 0 Å². The summed E-state index contributed by atoms with van der Waals surface area (Å²) in [5.41, 5.74) is 1.63. The van der Waals surface area contributed by atoms with Gasteiger partial charge in [-0.3, -0.25) is 19.7 Å². The minimum Gasteiger partial charge on any atom is -0.337 e. The van der Waals surface area contributed by atoms with Gasteiger partial charge in [0.05, 0.1) is 5.92 Å². The van der Waals surface area contributed by atoms with Gasteiger partial charge in [-0.05, 0) is 44.0 Å². The molecule has 2 unspecified atom stereocenters. The zero-order valence-electron chi connectivity index (χ0n) is 14.3. The Morgan fingerprint density at radius 2 is 2.00 bits per heavy atom. The number of likely N-dealkylation sites (tertiary alicyclic amines) is 1. The molecule has 0 saturated carbocycles. The highest BCUT2D eigenvalue weighted by molar-refractivity contribution is 6.03. The van der Waals surface area contributed by atoms with Gasteiger partial charge >= 0.3 is 0 Å². The number of nitrogens with one attached hydrogen (secondary N) is 2. The van der Waals surface area contributed by atoms with Gasteiger partial charge in [0.2, 0.25) is 11.8 Å². The van der Waals surface area contributed by atoms with Crippen molar-refractivity contribution >= 4 is 30.1 Å². The lowest BCUT2D eigenvalue weighted by molar-refractivity contribution is -0.125. The summed E-state index contributed by atoms with van der Waals surface area (Å²) < 4.78 is 0. The summed E-state index contributed by atoms with van der Waals surface area (Å²) >= 11 is 0. The molecule has 2 fully saturated rings. The van der Waals surface area contributed by atoms with Gasteiger partial charge in [-0.2, -0.15) is 0 Å². The smallest absolute Gasteiger partial charge is 0.253 e. The van der Waals surface area contributed by atoms with E-state index in [1.165, 1.54) is 0 Å². The van der Waals surface area contributed by atoms with Crippen LogP contribution in [-0.4, -0.2) is 48.8 Å². The summed E-state index contributed by atoms with van der Waals surface area (Å²) in [4.78, 5) is 37.4. The van der Waals surface area contributed by atoms with E-state index in [9.17, 15) is 14.4 Å². The van der Waals surface area contributed by atoms with Gasteiger partial charge in [-0.1, -0.05) is 12.1 Å². The Bertz CT molecular complexity index is 647. The number of hydrogen-bond donors (Lipinski definition) is 2. The van der Waals surface area contributed by atoms with E-state index in [0.29, 0.717) is 18.0 Å². The van der Waals surface area contributed by atoms with Crippen molar-refractivity contribution in [3.8, 4) is 0 Å². The first-order valence-corrected chi connectivity index (χ1v) is 8.46. The Hall–Kier alpha value is -1.92. The van der Waals surface area contributed by atoms with E-state index in [1.54, 1.807) is 0 Å². The second-order valence-electron chi connectivity index (χ2n) is 6.59. The lowest BCUT2D eigenvalue weighted by atomic mass is 9.97. The summed E-state index contributed by atoms with van der Waals surface area (Å²) in [7, 11) is 1.93. The molecule has 2 N–H and O–H groups in total. The molecule has 2 aliphatic rings. The summed E-state index contributed by atoms with van der Waals surface area (Å²) in [5.74, 6) is -0.652. The molecule has 1 aromatic rings. The zero-order valence-corrected chi connectivity index (χ0v) is 15.1. The standard InChI is InChI=1S/C18H23N3O3.ClH/c1-19-15-3-2-8-21(11-15)18(24)13-6-4-12(5-7-13)9-14-10-16(22)20-17(14)23;/h4-7,14-15,19H,2-3,8-11H2,1H3,(H,20,22,23);1H. The van der Waals surface area contributed by atoms with Crippen LogP contribution in [0.1, 0.15) is 35.2 Å². The molecule has 0 aromatic heterocycles. The minimum atomic E-state index is -0.294. The van der Waals surface area contributed by atoms with E-state index < -0.39 is 0 Å². The van der Waals surface area contributed by atoms with E-state index in [1.807, 2.05) is 36.2 Å². The number of carbonyl (C=O) groups is 3. The number of imide groups is 1. The molecule has 0 bridgehead atoms. The number of nitrogens with zero attached hydrogens (tertiary/aromatic N) is 1. The molecule has 25 heavy (non-hydrogen) atoms. The van der Waals surface area contributed by atoms with Gasteiger partial charge in [0.15, 0.2) is 0 Å². The van der Waals surface area contributed by atoms with Crippen LogP contribution in [0, 0.1) is 5.92 Å². The summed E-state index contributed by atoms with van der Waals surface area (Å²) in [6.45, 7) is 1.53. The van der Waals surface area contributed by atoms with Crippen LogP contribution in [0.4, 0.5) is 0 Å². The van der Waals surface area contributed by atoms with Crippen LogP contribution in [0.15, 0.2) is 24.3 Å².